The molecule has 110 valence electrons. The van der Waals surface area contributed by atoms with Crippen LogP contribution in [-0.2, 0) is 4.79 Å². The van der Waals surface area contributed by atoms with E-state index >= 15 is 0 Å². The molecule has 0 bridgehead atoms. The topological polar surface area (TPSA) is 46.4 Å². The molecule has 22 heavy (non-hydrogen) atoms. The number of carbonyl (C=O) groups is 1. The van der Waals surface area contributed by atoms with Gasteiger partial charge in [-0.2, -0.15) is 0 Å². The van der Waals surface area contributed by atoms with E-state index in [0.717, 1.165) is 35.4 Å². The zero-order valence-electron chi connectivity index (χ0n) is 11.8. The van der Waals surface area contributed by atoms with Crippen LogP contribution in [0, 0.1) is 5.92 Å². The van der Waals surface area contributed by atoms with Crippen molar-refractivity contribution in [3.8, 4) is 11.3 Å². The number of amides is 1. The minimum absolute atomic E-state index is 0.120. The number of halogens is 1. The highest BCUT2D eigenvalue weighted by molar-refractivity contribution is 6.30. The first kappa shape index (κ1) is 13.3. The SMILES string of the molecule is O=C(Nc1ccc(-c2cn3cc(Cl)ccc3n2)cc1)C1CC1. The van der Waals surface area contributed by atoms with Gasteiger partial charge >= 0.3 is 0 Å². The van der Waals surface area contributed by atoms with E-state index < -0.39 is 0 Å². The molecule has 1 aliphatic carbocycles. The van der Waals surface area contributed by atoms with Crippen LogP contribution in [0.4, 0.5) is 5.69 Å². The monoisotopic (exact) mass is 311 g/mol. The van der Waals surface area contributed by atoms with Gasteiger partial charge in [-0.3, -0.25) is 4.79 Å². The van der Waals surface area contributed by atoms with Crippen molar-refractivity contribution in [1.82, 2.24) is 9.38 Å². The highest BCUT2D eigenvalue weighted by Crippen LogP contribution is 2.30. The maximum Gasteiger partial charge on any atom is 0.227 e. The van der Waals surface area contributed by atoms with Gasteiger partial charge in [-0.05, 0) is 37.1 Å². The molecule has 2 aromatic heterocycles. The maximum absolute atomic E-state index is 11.7. The Kier molecular flexibility index (Phi) is 3.12. The van der Waals surface area contributed by atoms with Crippen LogP contribution in [0.1, 0.15) is 12.8 Å². The van der Waals surface area contributed by atoms with Gasteiger partial charge in [0.1, 0.15) is 5.65 Å². The van der Waals surface area contributed by atoms with Gasteiger partial charge < -0.3 is 9.72 Å². The van der Waals surface area contributed by atoms with Crippen LogP contribution in [-0.4, -0.2) is 15.3 Å². The molecule has 4 rings (SSSR count). The first-order chi connectivity index (χ1) is 10.7. The van der Waals surface area contributed by atoms with Crippen molar-refractivity contribution >= 4 is 28.8 Å². The Bertz CT molecular complexity index is 850. The number of rotatable bonds is 3. The summed E-state index contributed by atoms with van der Waals surface area (Å²) in [7, 11) is 0. The molecule has 1 aliphatic rings. The number of fused-ring (bicyclic) bond motifs is 1. The Morgan fingerprint density at radius 1 is 1.14 bits per heavy atom. The molecule has 4 nitrogen and oxygen atoms in total. The lowest BCUT2D eigenvalue weighted by Gasteiger charge is -2.04. The van der Waals surface area contributed by atoms with Crippen molar-refractivity contribution in [2.75, 3.05) is 5.32 Å². The predicted octanol–water partition coefficient (Wildman–Crippen LogP) is 4.00. The van der Waals surface area contributed by atoms with Crippen LogP contribution in [0.15, 0.2) is 48.8 Å². The maximum atomic E-state index is 11.7. The summed E-state index contributed by atoms with van der Waals surface area (Å²) in [6, 6.07) is 11.5. The molecule has 0 aliphatic heterocycles. The van der Waals surface area contributed by atoms with E-state index in [2.05, 4.69) is 10.3 Å². The van der Waals surface area contributed by atoms with E-state index in [1.165, 1.54) is 0 Å². The molecule has 1 fully saturated rings. The minimum Gasteiger partial charge on any atom is -0.326 e. The Hall–Kier alpha value is -2.33. The van der Waals surface area contributed by atoms with E-state index in [4.69, 9.17) is 11.6 Å². The van der Waals surface area contributed by atoms with Crippen LogP contribution >= 0.6 is 11.6 Å². The fourth-order valence-electron chi connectivity index (χ4n) is 2.42. The second-order valence-corrected chi connectivity index (χ2v) is 6.02. The standard InChI is InChI=1S/C17H14ClN3O/c18-13-5-8-16-20-15(10-21(16)9-13)11-3-6-14(7-4-11)19-17(22)12-1-2-12/h3-10,12H,1-2H2,(H,19,22). The Balaban J connectivity index is 1.59. The number of hydrogen-bond acceptors (Lipinski definition) is 2. The molecule has 0 saturated heterocycles. The van der Waals surface area contributed by atoms with Gasteiger partial charge in [-0.15, -0.1) is 0 Å². The van der Waals surface area contributed by atoms with Crippen LogP contribution in [0.25, 0.3) is 16.9 Å². The van der Waals surface area contributed by atoms with E-state index in [0.29, 0.717) is 5.02 Å². The van der Waals surface area contributed by atoms with E-state index in [1.54, 1.807) is 0 Å². The third kappa shape index (κ3) is 2.57. The van der Waals surface area contributed by atoms with Crippen molar-refractivity contribution in [3.63, 3.8) is 0 Å². The van der Waals surface area contributed by atoms with Crippen molar-refractivity contribution in [2.24, 2.45) is 5.92 Å². The van der Waals surface area contributed by atoms with Crippen molar-refractivity contribution in [1.29, 1.82) is 0 Å². The fraction of sp³-hybridized carbons (Fsp3) is 0.176. The lowest BCUT2D eigenvalue weighted by Crippen LogP contribution is -2.12. The summed E-state index contributed by atoms with van der Waals surface area (Å²) < 4.78 is 1.90. The Labute approximate surface area is 132 Å². The number of nitrogens with zero attached hydrogens (tertiary/aromatic N) is 2. The van der Waals surface area contributed by atoms with Crippen LogP contribution in [0.3, 0.4) is 0 Å². The molecule has 2 heterocycles. The van der Waals surface area contributed by atoms with Gasteiger partial charge in [0, 0.05) is 29.6 Å². The number of nitrogens with one attached hydrogen (secondary N) is 1. The largest absolute Gasteiger partial charge is 0.326 e. The predicted molar refractivity (Wildman–Crippen MR) is 87.0 cm³/mol. The van der Waals surface area contributed by atoms with Gasteiger partial charge in [0.25, 0.3) is 0 Å². The summed E-state index contributed by atoms with van der Waals surface area (Å²) in [6.07, 6.45) is 5.79. The number of imidazole rings is 1. The number of aromatic nitrogens is 2. The Morgan fingerprint density at radius 3 is 2.64 bits per heavy atom. The lowest BCUT2D eigenvalue weighted by atomic mass is 10.1. The van der Waals surface area contributed by atoms with Gasteiger partial charge in [0.2, 0.25) is 5.91 Å². The molecule has 3 aromatic rings. The second-order valence-electron chi connectivity index (χ2n) is 5.58. The van der Waals surface area contributed by atoms with Crippen LogP contribution < -0.4 is 5.32 Å². The molecular formula is C17H14ClN3O. The zero-order chi connectivity index (χ0) is 15.1. The summed E-state index contributed by atoms with van der Waals surface area (Å²) >= 11 is 5.98. The normalized spacial score (nSPS) is 14.2. The fourth-order valence-corrected chi connectivity index (χ4v) is 2.59. The van der Waals surface area contributed by atoms with Crippen molar-refractivity contribution in [3.05, 3.63) is 53.8 Å². The summed E-state index contributed by atoms with van der Waals surface area (Å²) in [4.78, 5) is 16.3. The van der Waals surface area contributed by atoms with Crippen molar-refractivity contribution < 1.29 is 4.79 Å². The molecule has 1 saturated carbocycles. The Morgan fingerprint density at radius 2 is 1.91 bits per heavy atom. The summed E-state index contributed by atoms with van der Waals surface area (Å²) in [5.41, 5.74) is 3.56. The first-order valence-electron chi connectivity index (χ1n) is 7.24. The first-order valence-corrected chi connectivity index (χ1v) is 7.62. The summed E-state index contributed by atoms with van der Waals surface area (Å²) in [6.45, 7) is 0. The van der Waals surface area contributed by atoms with Crippen molar-refractivity contribution in [2.45, 2.75) is 12.8 Å². The highest BCUT2D eigenvalue weighted by Gasteiger charge is 2.29. The molecule has 0 radical (unpaired) electrons. The summed E-state index contributed by atoms with van der Waals surface area (Å²) in [5, 5.41) is 3.61. The summed E-state index contributed by atoms with van der Waals surface area (Å²) in [5.74, 6) is 0.331. The number of hydrogen-bond donors (Lipinski definition) is 1. The second kappa shape index (κ2) is 5.14. The quantitative estimate of drug-likeness (QED) is 0.794. The number of anilines is 1. The third-order valence-corrected chi connectivity index (χ3v) is 4.03. The number of carbonyl (C=O) groups excluding carboxylic acids is 1. The van der Waals surface area contributed by atoms with Crippen LogP contribution in [0.5, 0.6) is 0 Å². The van der Waals surface area contributed by atoms with Gasteiger partial charge in [-0.1, -0.05) is 23.7 Å². The molecule has 0 unspecified atom stereocenters. The molecule has 5 heteroatoms. The van der Waals surface area contributed by atoms with Crippen LogP contribution in [0.2, 0.25) is 5.02 Å². The molecular weight excluding hydrogens is 298 g/mol. The van der Waals surface area contributed by atoms with E-state index in [9.17, 15) is 4.79 Å². The number of pyridine rings is 1. The van der Waals surface area contributed by atoms with Gasteiger partial charge in [0.05, 0.1) is 10.7 Å². The molecule has 0 spiro atoms. The van der Waals surface area contributed by atoms with Gasteiger partial charge in [-0.25, -0.2) is 4.98 Å². The molecule has 1 aromatic carbocycles. The van der Waals surface area contributed by atoms with E-state index in [1.807, 2.05) is 53.2 Å². The number of benzene rings is 1. The zero-order valence-corrected chi connectivity index (χ0v) is 12.5. The lowest BCUT2D eigenvalue weighted by molar-refractivity contribution is -0.117. The third-order valence-electron chi connectivity index (χ3n) is 3.81. The molecule has 1 amide bonds. The molecule has 0 atom stereocenters. The average Bonchev–Trinajstić information content (AvgIpc) is 3.28. The van der Waals surface area contributed by atoms with E-state index in [-0.39, 0.29) is 11.8 Å². The molecule has 1 N–H and O–H groups in total. The van der Waals surface area contributed by atoms with Gasteiger partial charge in [0.15, 0.2) is 0 Å². The minimum atomic E-state index is 0.120. The highest BCUT2D eigenvalue weighted by atomic mass is 35.5. The smallest absolute Gasteiger partial charge is 0.227 e. The average molecular weight is 312 g/mol.